The highest BCUT2D eigenvalue weighted by Crippen LogP contribution is 2.08. The summed E-state index contributed by atoms with van der Waals surface area (Å²) in [7, 11) is 0. The van der Waals surface area contributed by atoms with Crippen LogP contribution in [0.2, 0.25) is 5.15 Å². The molecular weight excluding hydrogens is 248 g/mol. The Labute approximate surface area is 102 Å². The fourth-order valence-electron chi connectivity index (χ4n) is 0.945. The molecule has 8 heteroatoms. The number of hydrogen-bond donors (Lipinski definition) is 2. The van der Waals surface area contributed by atoms with Gasteiger partial charge >= 0.3 is 5.97 Å². The Morgan fingerprint density at radius 3 is 2.88 bits per heavy atom. The number of nitrogens with one attached hydrogen (secondary N) is 1. The van der Waals surface area contributed by atoms with E-state index in [0.717, 1.165) is 0 Å². The van der Waals surface area contributed by atoms with Gasteiger partial charge in [-0.25, -0.2) is 14.8 Å². The maximum atomic E-state index is 11.5. The number of halogens is 1. The summed E-state index contributed by atoms with van der Waals surface area (Å²) in [4.78, 5) is 30.0. The van der Waals surface area contributed by atoms with E-state index in [4.69, 9.17) is 17.3 Å². The second kappa shape index (κ2) is 6.12. The molecule has 1 amide bonds. The smallest absolute Gasteiger partial charge is 0.332 e. The summed E-state index contributed by atoms with van der Waals surface area (Å²) in [5.74, 6) is -1.36. The van der Waals surface area contributed by atoms with Crippen LogP contribution in [-0.2, 0) is 14.3 Å². The monoisotopic (exact) mass is 258 g/mol. The number of nitrogens with two attached hydrogens (primary N) is 1. The van der Waals surface area contributed by atoms with Gasteiger partial charge in [0.15, 0.2) is 6.04 Å². The van der Waals surface area contributed by atoms with Crippen molar-refractivity contribution < 1.29 is 14.3 Å². The van der Waals surface area contributed by atoms with Crippen molar-refractivity contribution in [2.24, 2.45) is 5.73 Å². The predicted octanol–water partition coefficient (Wildman–Crippen LogP) is -0.0411. The Morgan fingerprint density at radius 2 is 2.29 bits per heavy atom. The molecule has 0 aliphatic rings. The van der Waals surface area contributed by atoms with Crippen LogP contribution in [0, 0.1) is 0 Å². The topological polar surface area (TPSA) is 107 Å². The molecular formula is C9H11ClN4O3. The molecule has 1 atom stereocenters. The van der Waals surface area contributed by atoms with Gasteiger partial charge in [-0.1, -0.05) is 11.6 Å². The highest BCUT2D eigenvalue weighted by molar-refractivity contribution is 6.29. The van der Waals surface area contributed by atoms with E-state index in [1.54, 1.807) is 6.92 Å². The van der Waals surface area contributed by atoms with Gasteiger partial charge in [-0.15, -0.1) is 0 Å². The quantitative estimate of drug-likeness (QED) is 0.446. The Kier molecular flexibility index (Phi) is 4.80. The van der Waals surface area contributed by atoms with Gasteiger partial charge in [0.05, 0.1) is 6.61 Å². The van der Waals surface area contributed by atoms with Crippen LogP contribution in [0.25, 0.3) is 0 Å². The fourth-order valence-corrected chi connectivity index (χ4v) is 1.09. The zero-order chi connectivity index (χ0) is 12.8. The van der Waals surface area contributed by atoms with Gasteiger partial charge in [0.1, 0.15) is 17.3 Å². The summed E-state index contributed by atoms with van der Waals surface area (Å²) in [6.07, 6.45) is 1.17. The lowest BCUT2D eigenvalue weighted by atomic mass is 10.3. The third kappa shape index (κ3) is 3.97. The van der Waals surface area contributed by atoms with Crippen LogP contribution >= 0.6 is 11.6 Å². The fraction of sp³-hybridized carbons (Fsp3) is 0.333. The minimum absolute atomic E-state index is 0.152. The van der Waals surface area contributed by atoms with E-state index in [2.05, 4.69) is 20.0 Å². The minimum Gasteiger partial charge on any atom is -0.464 e. The molecule has 1 heterocycles. The predicted molar refractivity (Wildman–Crippen MR) is 60.3 cm³/mol. The lowest BCUT2D eigenvalue weighted by Crippen LogP contribution is -2.43. The van der Waals surface area contributed by atoms with Gasteiger partial charge in [-0.05, 0) is 6.92 Å². The first-order valence-electron chi connectivity index (χ1n) is 4.75. The highest BCUT2D eigenvalue weighted by atomic mass is 35.5. The first-order chi connectivity index (χ1) is 8.04. The average molecular weight is 259 g/mol. The second-order valence-corrected chi connectivity index (χ2v) is 3.33. The zero-order valence-corrected chi connectivity index (χ0v) is 9.77. The number of rotatable bonds is 4. The molecule has 3 N–H and O–H groups in total. The Morgan fingerprint density at radius 1 is 1.59 bits per heavy atom. The van der Waals surface area contributed by atoms with Crippen LogP contribution in [0.3, 0.4) is 0 Å². The van der Waals surface area contributed by atoms with Crippen molar-refractivity contribution in [2.75, 3.05) is 11.9 Å². The molecule has 0 aromatic carbocycles. The third-order valence-electron chi connectivity index (χ3n) is 1.71. The number of aromatic nitrogens is 2. The Bertz CT molecular complexity index is 426. The lowest BCUT2D eigenvalue weighted by molar-refractivity contribution is -0.146. The summed E-state index contributed by atoms with van der Waals surface area (Å²) in [6, 6.07) is -0.0687. The van der Waals surface area contributed by atoms with E-state index in [9.17, 15) is 9.59 Å². The van der Waals surface area contributed by atoms with Crippen molar-refractivity contribution >= 4 is 29.3 Å². The van der Waals surface area contributed by atoms with Crippen molar-refractivity contribution in [2.45, 2.75) is 13.0 Å². The summed E-state index contributed by atoms with van der Waals surface area (Å²) in [5, 5.41) is 2.49. The minimum atomic E-state index is -1.40. The number of hydrogen-bond acceptors (Lipinski definition) is 6. The van der Waals surface area contributed by atoms with Gasteiger partial charge in [-0.3, -0.25) is 4.79 Å². The molecule has 0 aliphatic carbocycles. The summed E-state index contributed by atoms with van der Waals surface area (Å²) < 4.78 is 4.60. The van der Waals surface area contributed by atoms with Crippen LogP contribution in [0.5, 0.6) is 0 Å². The van der Waals surface area contributed by atoms with Crippen LogP contribution in [-0.4, -0.2) is 34.5 Å². The molecule has 1 aromatic rings. The number of amides is 1. The van der Waals surface area contributed by atoms with Crippen molar-refractivity contribution in [1.82, 2.24) is 9.97 Å². The molecule has 0 fully saturated rings. The number of esters is 1. The number of nitrogens with zero attached hydrogens (tertiary/aromatic N) is 2. The third-order valence-corrected chi connectivity index (χ3v) is 1.91. The van der Waals surface area contributed by atoms with Gasteiger partial charge in [0.2, 0.25) is 0 Å². The lowest BCUT2D eigenvalue weighted by Gasteiger charge is -2.10. The van der Waals surface area contributed by atoms with Crippen molar-refractivity contribution in [1.29, 1.82) is 0 Å². The number of carbonyl (C=O) groups is 2. The molecule has 0 saturated carbocycles. The first kappa shape index (κ1) is 13.3. The molecule has 7 nitrogen and oxygen atoms in total. The maximum Gasteiger partial charge on any atom is 0.332 e. The van der Waals surface area contributed by atoms with Crippen LogP contribution in [0.1, 0.15) is 6.92 Å². The van der Waals surface area contributed by atoms with Crippen molar-refractivity contribution in [3.63, 3.8) is 0 Å². The van der Waals surface area contributed by atoms with E-state index in [0.29, 0.717) is 0 Å². The van der Waals surface area contributed by atoms with E-state index in [1.165, 1.54) is 12.4 Å². The molecule has 0 saturated heterocycles. The molecule has 0 bridgehead atoms. The molecule has 0 radical (unpaired) electrons. The summed E-state index contributed by atoms with van der Waals surface area (Å²) >= 11 is 5.59. The number of ether oxygens (including phenoxy) is 1. The molecule has 1 aromatic heterocycles. The second-order valence-electron chi connectivity index (χ2n) is 2.94. The Balaban J connectivity index is 2.63. The molecule has 1 unspecified atom stereocenters. The van der Waals surface area contributed by atoms with Crippen LogP contribution in [0.4, 0.5) is 5.82 Å². The van der Waals surface area contributed by atoms with E-state index < -0.39 is 17.9 Å². The van der Waals surface area contributed by atoms with E-state index >= 15 is 0 Å². The Hall–Kier alpha value is -1.73. The highest BCUT2D eigenvalue weighted by Gasteiger charge is 2.23. The molecule has 17 heavy (non-hydrogen) atoms. The van der Waals surface area contributed by atoms with E-state index in [-0.39, 0.29) is 17.6 Å². The SMILES string of the molecule is CCOC(=O)C(N)C(=O)Nc1cc(Cl)ncn1. The standard InChI is InChI=1S/C9H11ClN4O3/c1-2-17-9(16)7(11)8(15)14-6-3-5(10)12-4-13-6/h3-4,7H,2,11H2,1H3,(H,12,13,14,15). The number of carbonyl (C=O) groups excluding carboxylic acids is 2. The van der Waals surface area contributed by atoms with Crippen LogP contribution < -0.4 is 11.1 Å². The average Bonchev–Trinajstić information content (AvgIpc) is 2.28. The zero-order valence-electron chi connectivity index (χ0n) is 9.01. The van der Waals surface area contributed by atoms with Gasteiger partial charge in [0, 0.05) is 6.07 Å². The van der Waals surface area contributed by atoms with Gasteiger partial charge in [0.25, 0.3) is 5.91 Å². The van der Waals surface area contributed by atoms with E-state index in [1.807, 2.05) is 0 Å². The van der Waals surface area contributed by atoms with Crippen molar-refractivity contribution in [3.05, 3.63) is 17.5 Å². The van der Waals surface area contributed by atoms with Gasteiger partial charge in [-0.2, -0.15) is 0 Å². The summed E-state index contributed by atoms with van der Waals surface area (Å²) in [6.45, 7) is 1.77. The molecule has 92 valence electrons. The number of anilines is 1. The molecule has 1 rings (SSSR count). The first-order valence-corrected chi connectivity index (χ1v) is 5.13. The van der Waals surface area contributed by atoms with Crippen LogP contribution in [0.15, 0.2) is 12.4 Å². The largest absolute Gasteiger partial charge is 0.464 e. The summed E-state index contributed by atoms with van der Waals surface area (Å²) in [5.41, 5.74) is 5.37. The molecule has 0 spiro atoms. The maximum absolute atomic E-state index is 11.5. The van der Waals surface area contributed by atoms with Crippen molar-refractivity contribution in [3.8, 4) is 0 Å². The normalized spacial score (nSPS) is 11.7. The molecule has 0 aliphatic heterocycles. The van der Waals surface area contributed by atoms with Gasteiger partial charge < -0.3 is 15.8 Å².